The summed E-state index contributed by atoms with van der Waals surface area (Å²) in [6.45, 7) is 5.51. The number of benzene rings is 2. The van der Waals surface area contributed by atoms with Crippen molar-refractivity contribution >= 4 is 11.6 Å². The quantitative estimate of drug-likeness (QED) is 0.771. The summed E-state index contributed by atoms with van der Waals surface area (Å²) in [5, 5.41) is 3.13. The number of halogens is 1. The molecule has 1 amide bonds. The van der Waals surface area contributed by atoms with Gasteiger partial charge in [-0.25, -0.2) is 4.39 Å². The molecule has 0 aliphatic carbocycles. The molecule has 0 bridgehead atoms. The fourth-order valence-electron chi connectivity index (χ4n) is 4.51. The molecule has 0 atom stereocenters. The number of amides is 1. The number of nitrogens with zero attached hydrogens (tertiary/aromatic N) is 2. The Hall–Kier alpha value is -2.40. The normalized spacial score (nSPS) is 18.4. The highest BCUT2D eigenvalue weighted by Crippen LogP contribution is 2.21. The van der Waals surface area contributed by atoms with Crippen LogP contribution < -0.4 is 10.2 Å². The van der Waals surface area contributed by atoms with E-state index >= 15 is 0 Å². The van der Waals surface area contributed by atoms with Crippen molar-refractivity contribution in [3.8, 4) is 0 Å². The van der Waals surface area contributed by atoms with Crippen LogP contribution in [0.15, 0.2) is 48.5 Å². The molecular formula is C25H32FN3O. The van der Waals surface area contributed by atoms with Crippen LogP contribution in [-0.2, 0) is 17.9 Å². The zero-order chi connectivity index (χ0) is 20.8. The molecule has 0 saturated carbocycles. The number of carbonyl (C=O) groups excluding carboxylic acids is 1. The van der Waals surface area contributed by atoms with Crippen LogP contribution in [0, 0.1) is 11.7 Å². The third-order valence-corrected chi connectivity index (χ3v) is 6.40. The monoisotopic (exact) mass is 409 g/mol. The van der Waals surface area contributed by atoms with Crippen molar-refractivity contribution in [1.29, 1.82) is 0 Å². The maximum atomic E-state index is 13.0. The summed E-state index contributed by atoms with van der Waals surface area (Å²) >= 11 is 0. The van der Waals surface area contributed by atoms with Crippen molar-refractivity contribution in [2.24, 2.45) is 5.92 Å². The van der Waals surface area contributed by atoms with Gasteiger partial charge in [-0.3, -0.25) is 9.69 Å². The number of hydrogen-bond donors (Lipinski definition) is 1. The van der Waals surface area contributed by atoms with Crippen molar-refractivity contribution < 1.29 is 9.18 Å². The first-order chi connectivity index (χ1) is 14.7. The molecule has 0 aromatic heterocycles. The SMILES string of the molecule is O=C(NCc1ccc(N2CCCCC2)cc1)C1CCN(Cc2ccc(F)cc2)CC1. The average Bonchev–Trinajstić information content (AvgIpc) is 2.80. The summed E-state index contributed by atoms with van der Waals surface area (Å²) in [6, 6.07) is 15.3. The molecule has 160 valence electrons. The lowest BCUT2D eigenvalue weighted by atomic mass is 9.95. The Kier molecular flexibility index (Phi) is 7.00. The first-order valence-electron chi connectivity index (χ1n) is 11.3. The standard InChI is InChI=1S/C25H32FN3O/c26-23-8-4-21(5-9-23)19-28-16-12-22(13-17-28)25(30)27-18-20-6-10-24(11-7-20)29-14-2-1-3-15-29/h4-11,22H,1-3,12-19H2,(H,27,30). The second-order valence-electron chi connectivity index (χ2n) is 8.61. The summed E-state index contributed by atoms with van der Waals surface area (Å²) in [4.78, 5) is 17.4. The van der Waals surface area contributed by atoms with Crippen molar-refractivity contribution in [2.45, 2.75) is 45.2 Å². The Morgan fingerprint density at radius 3 is 2.17 bits per heavy atom. The summed E-state index contributed by atoms with van der Waals surface area (Å²) in [5.74, 6) is 0.0499. The summed E-state index contributed by atoms with van der Waals surface area (Å²) in [5.41, 5.74) is 3.56. The molecular weight excluding hydrogens is 377 g/mol. The van der Waals surface area contributed by atoms with E-state index in [0.29, 0.717) is 6.54 Å². The number of rotatable bonds is 6. The molecule has 2 aliphatic heterocycles. The highest BCUT2D eigenvalue weighted by molar-refractivity contribution is 5.78. The second-order valence-corrected chi connectivity index (χ2v) is 8.61. The average molecular weight is 410 g/mol. The third-order valence-electron chi connectivity index (χ3n) is 6.40. The van der Waals surface area contributed by atoms with Crippen molar-refractivity contribution in [3.63, 3.8) is 0 Å². The highest BCUT2D eigenvalue weighted by atomic mass is 19.1. The molecule has 1 N–H and O–H groups in total. The zero-order valence-electron chi connectivity index (χ0n) is 17.7. The minimum Gasteiger partial charge on any atom is -0.372 e. The van der Waals surface area contributed by atoms with E-state index in [9.17, 15) is 9.18 Å². The maximum Gasteiger partial charge on any atom is 0.223 e. The van der Waals surface area contributed by atoms with Gasteiger partial charge in [-0.2, -0.15) is 0 Å². The molecule has 2 aromatic carbocycles. The first-order valence-corrected chi connectivity index (χ1v) is 11.3. The Morgan fingerprint density at radius 1 is 0.867 bits per heavy atom. The van der Waals surface area contributed by atoms with E-state index in [-0.39, 0.29) is 17.6 Å². The van der Waals surface area contributed by atoms with Gasteiger partial charge in [0.25, 0.3) is 0 Å². The molecule has 0 radical (unpaired) electrons. The first kappa shape index (κ1) is 20.9. The molecule has 4 rings (SSSR count). The highest BCUT2D eigenvalue weighted by Gasteiger charge is 2.24. The Balaban J connectivity index is 1.20. The van der Waals surface area contributed by atoms with Crippen LogP contribution >= 0.6 is 0 Å². The zero-order valence-corrected chi connectivity index (χ0v) is 17.7. The minimum absolute atomic E-state index is 0.0853. The number of nitrogens with one attached hydrogen (secondary N) is 1. The number of likely N-dealkylation sites (tertiary alicyclic amines) is 1. The number of hydrogen-bond acceptors (Lipinski definition) is 3. The predicted octanol–water partition coefficient (Wildman–Crippen LogP) is 4.34. The molecule has 0 unspecified atom stereocenters. The van der Waals surface area contributed by atoms with E-state index in [1.54, 1.807) is 0 Å². The van der Waals surface area contributed by atoms with Gasteiger partial charge in [-0.1, -0.05) is 24.3 Å². The van der Waals surface area contributed by atoms with E-state index < -0.39 is 0 Å². The topological polar surface area (TPSA) is 35.6 Å². The molecule has 4 nitrogen and oxygen atoms in total. The van der Waals surface area contributed by atoms with Gasteiger partial charge in [-0.05, 0) is 80.6 Å². The Labute approximate surface area is 179 Å². The van der Waals surface area contributed by atoms with Crippen LogP contribution in [0.25, 0.3) is 0 Å². The lowest BCUT2D eigenvalue weighted by Crippen LogP contribution is -2.40. The second kappa shape index (κ2) is 10.1. The van der Waals surface area contributed by atoms with Crippen LogP contribution in [-0.4, -0.2) is 37.0 Å². The van der Waals surface area contributed by atoms with Crippen molar-refractivity contribution in [2.75, 3.05) is 31.1 Å². The van der Waals surface area contributed by atoms with Crippen LogP contribution in [0.3, 0.4) is 0 Å². The van der Waals surface area contributed by atoms with E-state index in [2.05, 4.69) is 39.4 Å². The fourth-order valence-corrected chi connectivity index (χ4v) is 4.51. The van der Waals surface area contributed by atoms with Gasteiger partial charge in [0.1, 0.15) is 5.82 Å². The summed E-state index contributed by atoms with van der Waals surface area (Å²) in [6.07, 6.45) is 5.65. The van der Waals surface area contributed by atoms with Crippen LogP contribution in [0.5, 0.6) is 0 Å². The molecule has 2 fully saturated rings. The van der Waals surface area contributed by atoms with Gasteiger partial charge in [0.05, 0.1) is 0 Å². The van der Waals surface area contributed by atoms with Crippen LogP contribution in [0.4, 0.5) is 10.1 Å². The van der Waals surface area contributed by atoms with Crippen LogP contribution in [0.1, 0.15) is 43.2 Å². The van der Waals surface area contributed by atoms with Gasteiger partial charge < -0.3 is 10.2 Å². The lowest BCUT2D eigenvalue weighted by Gasteiger charge is -2.31. The molecule has 2 heterocycles. The summed E-state index contributed by atoms with van der Waals surface area (Å²) < 4.78 is 13.0. The maximum absolute atomic E-state index is 13.0. The number of anilines is 1. The van der Waals surface area contributed by atoms with Crippen molar-refractivity contribution in [3.05, 3.63) is 65.5 Å². The molecule has 2 saturated heterocycles. The number of piperidine rings is 2. The van der Waals surface area contributed by atoms with E-state index in [1.165, 1.54) is 37.1 Å². The molecule has 5 heteroatoms. The van der Waals surface area contributed by atoms with Crippen LogP contribution in [0.2, 0.25) is 0 Å². The Bertz CT molecular complexity index is 807. The molecule has 0 spiro atoms. The molecule has 2 aromatic rings. The largest absolute Gasteiger partial charge is 0.372 e. The van der Waals surface area contributed by atoms with E-state index in [4.69, 9.17) is 0 Å². The predicted molar refractivity (Wildman–Crippen MR) is 119 cm³/mol. The minimum atomic E-state index is -0.199. The summed E-state index contributed by atoms with van der Waals surface area (Å²) in [7, 11) is 0. The smallest absolute Gasteiger partial charge is 0.223 e. The van der Waals surface area contributed by atoms with Gasteiger partial charge in [0, 0.05) is 37.8 Å². The third kappa shape index (κ3) is 5.60. The number of carbonyl (C=O) groups is 1. The van der Waals surface area contributed by atoms with Gasteiger partial charge >= 0.3 is 0 Å². The van der Waals surface area contributed by atoms with E-state index in [0.717, 1.165) is 56.7 Å². The van der Waals surface area contributed by atoms with Crippen molar-refractivity contribution in [1.82, 2.24) is 10.2 Å². The van der Waals surface area contributed by atoms with E-state index in [1.807, 2.05) is 12.1 Å². The fraction of sp³-hybridized carbons (Fsp3) is 0.480. The molecule has 30 heavy (non-hydrogen) atoms. The van der Waals surface area contributed by atoms with Gasteiger partial charge in [0.15, 0.2) is 0 Å². The Morgan fingerprint density at radius 2 is 1.50 bits per heavy atom. The van der Waals surface area contributed by atoms with Gasteiger partial charge in [0.2, 0.25) is 5.91 Å². The molecule has 2 aliphatic rings. The van der Waals surface area contributed by atoms with Gasteiger partial charge in [-0.15, -0.1) is 0 Å². The lowest BCUT2D eigenvalue weighted by molar-refractivity contribution is -0.126.